The van der Waals surface area contributed by atoms with Gasteiger partial charge in [0.05, 0.1) is 47.6 Å². The highest BCUT2D eigenvalue weighted by Gasteiger charge is 2.56. The number of ketones is 1. The van der Waals surface area contributed by atoms with Crippen LogP contribution in [-0.4, -0.2) is 281 Å². The van der Waals surface area contributed by atoms with Crippen LogP contribution in [0.3, 0.4) is 0 Å². The molecule has 666 valence electrons. The van der Waals surface area contributed by atoms with E-state index in [1.807, 2.05) is 39.8 Å². The number of likely N-dealkylation sites (N-methyl/N-ethyl adjacent to an activating group) is 1. The van der Waals surface area contributed by atoms with Crippen LogP contribution in [0.15, 0.2) is 72.9 Å². The molecule has 120 heavy (non-hydrogen) atoms. The average molecular weight is 1700 g/mol. The van der Waals surface area contributed by atoms with Crippen molar-refractivity contribution in [2.75, 3.05) is 51.8 Å². The number of pyridine rings is 1. The van der Waals surface area contributed by atoms with E-state index in [1.54, 1.807) is 85.7 Å². The second-order valence-corrected chi connectivity index (χ2v) is 36.1. The average Bonchev–Trinajstić information content (AvgIpc) is 1.07. The van der Waals surface area contributed by atoms with Crippen molar-refractivity contribution in [1.29, 1.82) is 0 Å². The number of cyclic esters (lactones) is 2. The van der Waals surface area contributed by atoms with Gasteiger partial charge in [-0.3, -0.25) is 43.2 Å². The summed E-state index contributed by atoms with van der Waals surface area (Å²) in [6.07, 6.45) is -10.9. The van der Waals surface area contributed by atoms with E-state index in [-0.39, 0.29) is 106 Å². The van der Waals surface area contributed by atoms with Gasteiger partial charge in [-0.05, 0) is 136 Å². The third-order valence-corrected chi connectivity index (χ3v) is 26.8. The lowest BCUT2D eigenvalue weighted by Gasteiger charge is -2.49. The molecule has 0 spiro atoms. The van der Waals surface area contributed by atoms with E-state index < -0.39 is 221 Å². The molecular weight excluding hydrogens is 1570 g/mol. The topological polar surface area (TPSA) is 439 Å². The van der Waals surface area contributed by atoms with Crippen LogP contribution in [-0.2, 0) is 82.7 Å². The molecule has 3 aromatic rings. The Balaban J connectivity index is 0.951. The number of methoxy groups -OCH3 is 1. The number of aryl methyl sites for hydroxylation is 1. The van der Waals surface area contributed by atoms with Gasteiger partial charge in [-0.2, -0.15) is 11.8 Å². The fourth-order valence-electron chi connectivity index (χ4n) is 18.0. The summed E-state index contributed by atoms with van der Waals surface area (Å²) in [5.74, 6) is -12.8. The van der Waals surface area contributed by atoms with Gasteiger partial charge in [0.15, 0.2) is 24.3 Å². The monoisotopic (exact) mass is 1700 g/mol. The number of nitrogens with one attached hydrogen (secondary N) is 5. The van der Waals surface area contributed by atoms with Crippen molar-refractivity contribution in [3.8, 4) is 5.75 Å². The summed E-state index contributed by atoms with van der Waals surface area (Å²) in [7, 11) is 2.90. The molecule has 6 saturated heterocycles. The normalized spacial score (nSPS) is 37.0. The van der Waals surface area contributed by atoms with Crippen molar-refractivity contribution in [1.82, 2.24) is 46.3 Å². The summed E-state index contributed by atoms with van der Waals surface area (Å²) in [4.78, 5) is 157. The van der Waals surface area contributed by atoms with Crippen molar-refractivity contribution in [3.05, 3.63) is 95.3 Å². The summed E-state index contributed by atoms with van der Waals surface area (Å²) < 4.78 is 44.2. The maximum absolute atomic E-state index is 16.0. The highest BCUT2D eigenvalue weighted by atomic mass is 32.2. The van der Waals surface area contributed by atoms with Crippen molar-refractivity contribution in [2.45, 2.75) is 294 Å². The fourth-order valence-corrected chi connectivity index (χ4v) is 19.1. The molecule has 6 fully saturated rings. The minimum absolute atomic E-state index is 0.0277. The number of hydrogen-bond acceptors (Lipinski definition) is 26. The SMILES string of the molecule is CC[C@H]1OC(=O)[C@H](C)[C@@H](OC2CC(C)(OC)C(O)C(C)O2)C(C)C(OC2OC(C)CC(C)C2O)[C@](C)(O)C[C@@H](C)[C@H](NCCNC(=O)CCSCC2CN3C(=O)[C@H](Cc4ccc(C)cc4)N(C)C(=O)[C@@H]4CCCN4C(=O)[C@](C)(CC)NC(=O)[C@@H](NC(=O)c4ncccc4O)[C@@H](C)OC(=O)[C@H](c4ccccc4)NC(=O)[C@@H]3CC2=O)[C@H](C)[C@@H](O)[C@]1(C)O. The molecule has 33 heteroatoms. The number of fused-ring (bicyclic) bond motifs is 2. The number of nitrogens with zero attached hydrogens (tertiary/aromatic N) is 4. The smallest absolute Gasteiger partial charge is 0.333 e. The first-order valence-corrected chi connectivity index (χ1v) is 43.4. The number of thioether (sulfide) groups is 1. The Hall–Kier alpha value is -7.80. The highest BCUT2D eigenvalue weighted by Crippen LogP contribution is 2.43. The van der Waals surface area contributed by atoms with Gasteiger partial charge >= 0.3 is 11.9 Å². The maximum Gasteiger partial charge on any atom is 0.333 e. The molecule has 7 heterocycles. The van der Waals surface area contributed by atoms with Crippen molar-refractivity contribution in [2.24, 2.45) is 35.5 Å². The largest absolute Gasteiger partial charge is 0.505 e. The van der Waals surface area contributed by atoms with E-state index in [4.69, 9.17) is 33.2 Å². The first-order valence-electron chi connectivity index (χ1n) is 42.2. The van der Waals surface area contributed by atoms with Crippen LogP contribution in [0.25, 0.3) is 0 Å². The molecule has 1 aromatic heterocycles. The van der Waals surface area contributed by atoms with Crippen LogP contribution < -0.4 is 26.6 Å². The number of Topliss-reactive ketones (excluding diaryl/α,β-unsaturated/α-hetero) is 1. The predicted octanol–water partition coefficient (Wildman–Crippen LogP) is 4.26. The highest BCUT2D eigenvalue weighted by molar-refractivity contribution is 7.99. The second-order valence-electron chi connectivity index (χ2n) is 35.0. The number of esters is 2. The minimum atomic E-state index is -2.07. The first-order chi connectivity index (χ1) is 56.5. The zero-order valence-corrected chi connectivity index (χ0v) is 73.2. The molecule has 6 aliphatic heterocycles. The number of aliphatic hydroxyl groups is 5. The lowest BCUT2D eigenvalue weighted by molar-refractivity contribution is -0.318. The Morgan fingerprint density at radius 1 is 0.767 bits per heavy atom. The number of ether oxygens (including phenoxy) is 7. The first kappa shape index (κ1) is 96.0. The summed E-state index contributed by atoms with van der Waals surface area (Å²) in [6.45, 7) is 24.9. The van der Waals surface area contributed by atoms with Crippen LogP contribution in [0.4, 0.5) is 0 Å². The summed E-state index contributed by atoms with van der Waals surface area (Å²) in [6, 6.07) is 9.39. The van der Waals surface area contributed by atoms with E-state index in [1.165, 1.54) is 91.9 Å². The van der Waals surface area contributed by atoms with Crippen LogP contribution in [0.5, 0.6) is 5.75 Å². The number of benzene rings is 2. The molecule has 9 rings (SSSR count). The number of rotatable bonds is 21. The molecule has 2 aromatic carbocycles. The van der Waals surface area contributed by atoms with Crippen LogP contribution in [0.1, 0.15) is 188 Å². The number of hydrogen-bond donors (Lipinski definition) is 11. The lowest BCUT2D eigenvalue weighted by Crippen LogP contribution is -2.65. The van der Waals surface area contributed by atoms with Crippen molar-refractivity contribution >= 4 is 70.8 Å². The van der Waals surface area contributed by atoms with Gasteiger partial charge in [-0.25, -0.2) is 9.78 Å². The number of carbonyl (C=O) groups is 10. The van der Waals surface area contributed by atoms with Crippen molar-refractivity contribution in [3.63, 3.8) is 0 Å². The molecule has 32 nitrogen and oxygen atoms in total. The van der Waals surface area contributed by atoms with Crippen LogP contribution in [0, 0.1) is 42.4 Å². The summed E-state index contributed by atoms with van der Waals surface area (Å²) in [5.41, 5.74) is -5.59. The Bertz CT molecular complexity index is 4050. The van der Waals surface area contributed by atoms with Gasteiger partial charge in [-0.1, -0.05) is 102 Å². The van der Waals surface area contributed by atoms with Gasteiger partial charge in [0.1, 0.15) is 71.3 Å². The third-order valence-electron chi connectivity index (χ3n) is 25.6. The van der Waals surface area contributed by atoms with Gasteiger partial charge in [0, 0.05) is 108 Å². The minimum Gasteiger partial charge on any atom is -0.505 e. The fraction of sp³-hybridized carbons (Fsp3) is 0.690. The maximum atomic E-state index is 16.0. The van der Waals surface area contributed by atoms with Crippen molar-refractivity contribution < 1.29 is 112 Å². The molecule has 0 saturated carbocycles. The number of carbonyl (C=O) groups excluding carboxylic acids is 10. The second kappa shape index (κ2) is 41.1. The number of aromatic nitrogens is 1. The van der Waals surface area contributed by atoms with Crippen LogP contribution in [0.2, 0.25) is 0 Å². The number of piperidine rings is 1. The quantitative estimate of drug-likeness (QED) is 0.0524. The van der Waals surface area contributed by atoms with E-state index in [0.717, 1.165) is 5.56 Å². The molecule has 0 aliphatic carbocycles. The van der Waals surface area contributed by atoms with Crippen LogP contribution >= 0.6 is 11.8 Å². The van der Waals surface area contributed by atoms with Gasteiger partial charge in [0.25, 0.3) is 5.91 Å². The molecule has 11 N–H and O–H groups in total. The van der Waals surface area contributed by atoms with E-state index in [9.17, 15) is 59.4 Å². The molecular formula is C87H129N9O23S. The molecule has 11 unspecified atom stereocenters. The molecule has 27 atom stereocenters. The van der Waals surface area contributed by atoms with E-state index in [2.05, 4.69) is 31.6 Å². The Morgan fingerprint density at radius 3 is 2.12 bits per heavy atom. The predicted molar refractivity (Wildman–Crippen MR) is 441 cm³/mol. The van der Waals surface area contributed by atoms with Gasteiger partial charge in [0.2, 0.25) is 35.4 Å². The van der Waals surface area contributed by atoms with E-state index in [0.29, 0.717) is 18.4 Å². The molecule has 7 amide bonds. The Morgan fingerprint density at radius 2 is 1.46 bits per heavy atom. The molecule has 0 radical (unpaired) electrons. The zero-order chi connectivity index (χ0) is 88.4. The standard InChI is InChI=1S/C87H129N9O23S/c1-18-63-87(15,112)72(101)50(7)66(48(5)42-85(13,111)74(119-82-70(100)47(4)39-49(6)114-82)51(8)71(52(9)80(108)117-63)118-65-43-86(14,113-17)73(102)54(11)115-65)90-36-35-88-64(99)33-38-120-45-57-44-96-59(41-62(57)98)75(103)92-68(56-25-21-20-22-26-56)81(109)116-53(10)67(91-76(104)69-61(97)28-23-34-89-69)77(105)93-84(12,19-2)83(110)95-37-24-27-58(95)78(106)94(16)60(79(96)107)40-55-31-29-46(3)30-32-55/h20-23,25-26,28-32,34,47-54,57-60,63,65-68,70-74,82,90,97,100-102,111-112H,18-19,24,27,33,35-45H2,1-17H3,(H,88,99)(H,91,104)(H,92,103)(H,93,105)/t47?,48-,49?,50+,51?,52-,53-,54?,57?,58+,59+,60+,63-,65?,66+,67+,68+,70?,71+,72-,73?,74?,82?,84+,85-,86?,87-/m1/s1. The Kier molecular flexibility index (Phi) is 32.9. The Labute approximate surface area is 708 Å². The summed E-state index contributed by atoms with van der Waals surface area (Å²) >= 11 is 1.25. The van der Waals surface area contributed by atoms with Gasteiger partial charge < -0.3 is 105 Å². The molecule has 6 aliphatic rings. The molecule has 0 bridgehead atoms. The number of amides is 7. The van der Waals surface area contributed by atoms with E-state index >= 15 is 19.2 Å². The third kappa shape index (κ3) is 22.4. The number of aromatic hydroxyl groups is 1. The lowest BCUT2D eigenvalue weighted by atomic mass is 9.72. The zero-order valence-electron chi connectivity index (χ0n) is 72.3. The number of aliphatic hydroxyl groups excluding tert-OH is 3. The summed E-state index contributed by atoms with van der Waals surface area (Å²) in [5, 5.41) is 86.1. The van der Waals surface area contributed by atoms with Gasteiger partial charge in [-0.15, -0.1) is 0 Å².